The minimum atomic E-state index is -4.61. The molecule has 1 unspecified atom stereocenters. The van der Waals surface area contributed by atoms with Crippen molar-refractivity contribution >= 4 is 38.3 Å². The molecule has 1 aliphatic rings. The Labute approximate surface area is 167 Å². The van der Waals surface area contributed by atoms with Crippen molar-refractivity contribution in [3.63, 3.8) is 0 Å². The van der Waals surface area contributed by atoms with Gasteiger partial charge in [-0.3, -0.25) is 9.59 Å². The summed E-state index contributed by atoms with van der Waals surface area (Å²) >= 11 is 1.53. The van der Waals surface area contributed by atoms with E-state index in [2.05, 4.69) is 10.3 Å². The van der Waals surface area contributed by atoms with Gasteiger partial charge < -0.3 is 15.2 Å². The summed E-state index contributed by atoms with van der Waals surface area (Å²) in [4.78, 5) is 33.1. The number of hydrogen-bond donors (Lipinski definition) is 2. The van der Waals surface area contributed by atoms with Crippen LogP contribution < -0.4 is 15.8 Å². The first kappa shape index (κ1) is 19.4. The summed E-state index contributed by atoms with van der Waals surface area (Å²) in [6, 6.07) is 8.40. The number of H-pyrrole nitrogens is 1. The van der Waals surface area contributed by atoms with Crippen LogP contribution in [0.3, 0.4) is 0 Å². The van der Waals surface area contributed by atoms with E-state index in [1.165, 1.54) is 11.3 Å². The smallest absolute Gasteiger partial charge is 0.347 e. The fraction of sp³-hybridized carbons (Fsp3) is 0.316. The molecule has 6 nitrogen and oxygen atoms in total. The number of para-hydroxylation sites is 1. The number of benzene rings is 1. The first-order valence-corrected chi connectivity index (χ1v) is 9.84. The zero-order chi connectivity index (χ0) is 20.6. The number of halogens is 3. The average molecular weight is 422 g/mol. The van der Waals surface area contributed by atoms with Gasteiger partial charge in [-0.05, 0) is 31.0 Å². The number of rotatable bonds is 3. The van der Waals surface area contributed by atoms with Crippen LogP contribution in [0.5, 0.6) is 0 Å². The van der Waals surface area contributed by atoms with Gasteiger partial charge in [-0.1, -0.05) is 23.5 Å². The number of nitrogens with zero attached hydrogens (tertiary/aromatic N) is 2. The fourth-order valence-electron chi connectivity index (χ4n) is 3.34. The molecule has 0 bridgehead atoms. The highest BCUT2D eigenvalue weighted by Gasteiger charge is 2.32. The molecule has 0 spiro atoms. The molecule has 1 saturated heterocycles. The molecule has 4 rings (SSSR count). The number of pyridine rings is 1. The molecule has 0 radical (unpaired) electrons. The van der Waals surface area contributed by atoms with E-state index in [4.69, 9.17) is 0 Å². The van der Waals surface area contributed by atoms with Crippen LogP contribution in [0.15, 0.2) is 41.3 Å². The summed E-state index contributed by atoms with van der Waals surface area (Å²) < 4.78 is 39.7. The van der Waals surface area contributed by atoms with Crippen LogP contribution >= 0.6 is 11.3 Å². The second-order valence-electron chi connectivity index (χ2n) is 6.87. The molecular weight excluding hydrogens is 405 g/mol. The molecule has 10 heteroatoms. The van der Waals surface area contributed by atoms with Crippen molar-refractivity contribution in [3.8, 4) is 0 Å². The monoisotopic (exact) mass is 422 g/mol. The van der Waals surface area contributed by atoms with E-state index >= 15 is 0 Å². The Hall–Kier alpha value is -2.88. The van der Waals surface area contributed by atoms with Crippen LogP contribution in [0.4, 0.5) is 24.0 Å². The highest BCUT2D eigenvalue weighted by atomic mass is 32.1. The molecule has 1 amide bonds. The van der Waals surface area contributed by atoms with Crippen LogP contribution in [0.2, 0.25) is 0 Å². The van der Waals surface area contributed by atoms with Gasteiger partial charge >= 0.3 is 6.18 Å². The Kier molecular flexibility index (Phi) is 5.03. The lowest BCUT2D eigenvalue weighted by Gasteiger charge is -2.31. The van der Waals surface area contributed by atoms with Crippen molar-refractivity contribution in [2.75, 3.05) is 23.3 Å². The van der Waals surface area contributed by atoms with Crippen LogP contribution in [-0.4, -0.2) is 29.0 Å². The zero-order valence-corrected chi connectivity index (χ0v) is 15.9. The van der Waals surface area contributed by atoms with E-state index in [1.807, 2.05) is 34.1 Å². The predicted molar refractivity (Wildman–Crippen MR) is 105 cm³/mol. The number of alkyl halides is 3. The molecule has 152 valence electrons. The maximum atomic E-state index is 12.9. The van der Waals surface area contributed by atoms with Gasteiger partial charge in [0.1, 0.15) is 5.69 Å². The van der Waals surface area contributed by atoms with E-state index in [1.54, 1.807) is 0 Å². The normalized spacial score (nSPS) is 17.5. The van der Waals surface area contributed by atoms with Crippen LogP contribution in [0.25, 0.3) is 10.2 Å². The van der Waals surface area contributed by atoms with Crippen molar-refractivity contribution < 1.29 is 18.0 Å². The van der Waals surface area contributed by atoms with E-state index in [0.717, 1.165) is 28.3 Å². The number of carbonyl (C=O) groups is 1. The van der Waals surface area contributed by atoms with Gasteiger partial charge in [-0.2, -0.15) is 13.2 Å². The zero-order valence-electron chi connectivity index (χ0n) is 15.1. The SMILES string of the molecule is O=C(Nc1cc(C(F)(F)F)c[nH]c1=O)C1CCCN(c2nc3ccccc3s2)C1. The van der Waals surface area contributed by atoms with Gasteiger partial charge in [-0.25, -0.2) is 4.98 Å². The van der Waals surface area contributed by atoms with Crippen LogP contribution in [0.1, 0.15) is 18.4 Å². The Balaban J connectivity index is 1.50. The maximum Gasteiger partial charge on any atom is 0.417 e. The van der Waals surface area contributed by atoms with Crippen molar-refractivity contribution in [1.82, 2.24) is 9.97 Å². The Morgan fingerprint density at radius 2 is 2.10 bits per heavy atom. The third kappa shape index (κ3) is 4.12. The van der Waals surface area contributed by atoms with Crippen LogP contribution in [-0.2, 0) is 11.0 Å². The van der Waals surface area contributed by atoms with E-state index in [9.17, 15) is 22.8 Å². The van der Waals surface area contributed by atoms with Crippen molar-refractivity contribution in [2.45, 2.75) is 19.0 Å². The molecular formula is C19H17F3N4O2S. The highest BCUT2D eigenvalue weighted by molar-refractivity contribution is 7.22. The van der Waals surface area contributed by atoms with Gasteiger partial charge in [0.15, 0.2) is 5.13 Å². The number of carbonyl (C=O) groups excluding carboxylic acids is 1. The first-order chi connectivity index (χ1) is 13.8. The molecule has 1 atom stereocenters. The number of piperidine rings is 1. The molecule has 3 aromatic rings. The number of amides is 1. The number of aromatic nitrogens is 2. The van der Waals surface area contributed by atoms with Gasteiger partial charge in [-0.15, -0.1) is 0 Å². The molecule has 2 N–H and O–H groups in total. The number of anilines is 2. The average Bonchev–Trinajstić information content (AvgIpc) is 3.13. The second kappa shape index (κ2) is 7.51. The lowest BCUT2D eigenvalue weighted by atomic mass is 9.97. The Morgan fingerprint density at radius 1 is 1.31 bits per heavy atom. The number of aromatic amines is 1. The lowest BCUT2D eigenvalue weighted by Crippen LogP contribution is -2.41. The minimum Gasteiger partial charge on any atom is -0.347 e. The third-order valence-electron chi connectivity index (χ3n) is 4.83. The Bertz CT molecular complexity index is 1080. The molecule has 29 heavy (non-hydrogen) atoms. The van der Waals surface area contributed by atoms with Crippen molar-refractivity contribution in [2.24, 2.45) is 5.92 Å². The van der Waals surface area contributed by atoms with Crippen molar-refractivity contribution in [1.29, 1.82) is 0 Å². The minimum absolute atomic E-state index is 0.391. The summed E-state index contributed by atoms with van der Waals surface area (Å²) in [5.74, 6) is -0.926. The standard InChI is InChI=1S/C19H17F3N4O2S/c20-19(21,22)12-8-14(17(28)23-9-12)24-16(27)11-4-3-7-26(10-11)18-25-13-5-1-2-6-15(13)29-18/h1-2,5-6,8-9,11H,3-4,7,10H2,(H,23,28)(H,24,27). The van der Waals surface area contributed by atoms with Crippen LogP contribution in [0, 0.1) is 5.92 Å². The first-order valence-electron chi connectivity index (χ1n) is 9.02. The number of fused-ring (bicyclic) bond motifs is 1. The fourth-order valence-corrected chi connectivity index (χ4v) is 4.34. The van der Waals surface area contributed by atoms with Gasteiger partial charge in [0.25, 0.3) is 5.56 Å². The molecule has 1 fully saturated rings. The largest absolute Gasteiger partial charge is 0.417 e. The number of hydrogen-bond acceptors (Lipinski definition) is 5. The molecule has 2 aromatic heterocycles. The quantitative estimate of drug-likeness (QED) is 0.672. The molecule has 3 heterocycles. The molecule has 1 aromatic carbocycles. The van der Waals surface area contributed by atoms with E-state index < -0.39 is 34.8 Å². The van der Waals surface area contributed by atoms with Gasteiger partial charge in [0.2, 0.25) is 5.91 Å². The molecule has 0 aliphatic carbocycles. The third-order valence-corrected chi connectivity index (χ3v) is 5.93. The van der Waals surface area contributed by atoms with Crippen molar-refractivity contribution in [3.05, 3.63) is 52.4 Å². The summed E-state index contributed by atoms with van der Waals surface area (Å²) in [6.45, 7) is 1.14. The highest BCUT2D eigenvalue weighted by Crippen LogP contribution is 2.32. The summed E-state index contributed by atoms with van der Waals surface area (Å²) in [5, 5.41) is 3.17. The lowest BCUT2D eigenvalue weighted by molar-refractivity contribution is -0.137. The number of thiazole rings is 1. The maximum absolute atomic E-state index is 12.9. The predicted octanol–water partition coefficient (Wildman–Crippen LogP) is 3.86. The molecule has 0 saturated carbocycles. The summed E-state index contributed by atoms with van der Waals surface area (Å²) in [7, 11) is 0. The van der Waals surface area contributed by atoms with E-state index in [-0.39, 0.29) is 0 Å². The van der Waals surface area contributed by atoms with E-state index in [0.29, 0.717) is 25.2 Å². The summed E-state index contributed by atoms with van der Waals surface area (Å²) in [6.07, 6.45) is -2.69. The second-order valence-corrected chi connectivity index (χ2v) is 7.88. The summed E-state index contributed by atoms with van der Waals surface area (Å²) in [5.41, 5.74) is -1.31. The molecule has 1 aliphatic heterocycles. The topological polar surface area (TPSA) is 78.1 Å². The van der Waals surface area contributed by atoms with Gasteiger partial charge in [0.05, 0.1) is 21.7 Å². The van der Waals surface area contributed by atoms with Gasteiger partial charge in [0, 0.05) is 19.3 Å². The Morgan fingerprint density at radius 3 is 2.86 bits per heavy atom. The number of nitrogens with one attached hydrogen (secondary N) is 2.